The van der Waals surface area contributed by atoms with Gasteiger partial charge in [0.1, 0.15) is 0 Å². The minimum absolute atomic E-state index is 0.0682. The maximum atomic E-state index is 11.3. The van der Waals surface area contributed by atoms with E-state index in [0.717, 1.165) is 13.0 Å². The first-order chi connectivity index (χ1) is 7.11. The highest BCUT2D eigenvalue weighted by Gasteiger charge is 2.07. The van der Waals surface area contributed by atoms with Crippen molar-refractivity contribution in [2.75, 3.05) is 33.2 Å². The number of likely N-dealkylation sites (N-methyl/N-ethyl adjacent to an activating group) is 1. The van der Waals surface area contributed by atoms with E-state index in [4.69, 9.17) is 0 Å². The molecule has 0 aromatic carbocycles. The molecule has 0 fully saturated rings. The van der Waals surface area contributed by atoms with Gasteiger partial charge in [0.25, 0.3) is 0 Å². The van der Waals surface area contributed by atoms with Crippen molar-refractivity contribution < 1.29 is 9.59 Å². The number of rotatable bonds is 7. The van der Waals surface area contributed by atoms with E-state index < -0.39 is 0 Å². The topological polar surface area (TPSA) is 61.4 Å². The molecule has 0 saturated carbocycles. The fourth-order valence-electron chi connectivity index (χ4n) is 0.927. The van der Waals surface area contributed by atoms with Crippen molar-refractivity contribution in [1.29, 1.82) is 0 Å². The molecule has 2 N–H and O–H groups in total. The predicted molar refractivity (Wildman–Crippen MR) is 59.5 cm³/mol. The summed E-state index contributed by atoms with van der Waals surface area (Å²) in [5.41, 5.74) is 0. The molecule has 0 radical (unpaired) electrons. The Bertz CT molecular complexity index is 207. The molecule has 0 aliphatic rings. The normalized spacial score (nSPS) is 9.80. The number of hydrogen-bond acceptors (Lipinski definition) is 3. The molecule has 0 aromatic rings. The number of nitrogens with zero attached hydrogens (tertiary/aromatic N) is 1. The molecule has 5 nitrogen and oxygen atoms in total. The summed E-state index contributed by atoms with van der Waals surface area (Å²) in [6, 6.07) is 0. The third-order valence-electron chi connectivity index (χ3n) is 2.05. The Morgan fingerprint density at radius 2 is 1.87 bits per heavy atom. The van der Waals surface area contributed by atoms with E-state index in [9.17, 15) is 9.59 Å². The van der Waals surface area contributed by atoms with Crippen molar-refractivity contribution in [3.05, 3.63) is 0 Å². The molecular formula is C10H21N3O2. The number of carbonyl (C=O) groups is 2. The minimum Gasteiger partial charge on any atom is -0.346 e. The van der Waals surface area contributed by atoms with Crippen LogP contribution in [0.5, 0.6) is 0 Å². The van der Waals surface area contributed by atoms with Crippen molar-refractivity contribution in [3.8, 4) is 0 Å². The Morgan fingerprint density at radius 3 is 2.40 bits per heavy atom. The Balaban J connectivity index is 3.57. The zero-order valence-corrected chi connectivity index (χ0v) is 9.80. The number of carbonyl (C=O) groups excluding carboxylic acids is 2. The van der Waals surface area contributed by atoms with Gasteiger partial charge in [-0.3, -0.25) is 9.59 Å². The van der Waals surface area contributed by atoms with Crippen LogP contribution in [-0.2, 0) is 9.59 Å². The van der Waals surface area contributed by atoms with Crippen LogP contribution in [0.2, 0.25) is 0 Å². The lowest BCUT2D eigenvalue weighted by Crippen LogP contribution is -2.41. The zero-order chi connectivity index (χ0) is 11.7. The van der Waals surface area contributed by atoms with Crippen LogP contribution in [0.3, 0.4) is 0 Å². The van der Waals surface area contributed by atoms with Crippen molar-refractivity contribution in [3.63, 3.8) is 0 Å². The van der Waals surface area contributed by atoms with Gasteiger partial charge in [0, 0.05) is 13.6 Å². The summed E-state index contributed by atoms with van der Waals surface area (Å²) in [5, 5.41) is 5.53. The van der Waals surface area contributed by atoms with E-state index >= 15 is 0 Å². The van der Waals surface area contributed by atoms with Gasteiger partial charge in [-0.15, -0.1) is 0 Å². The second-order valence-electron chi connectivity index (χ2n) is 3.36. The summed E-state index contributed by atoms with van der Waals surface area (Å²) in [6.45, 7) is 5.75. The summed E-state index contributed by atoms with van der Waals surface area (Å²) >= 11 is 0. The lowest BCUT2D eigenvalue weighted by atomic mass is 10.4. The zero-order valence-electron chi connectivity index (χ0n) is 9.80. The number of amides is 2. The van der Waals surface area contributed by atoms with E-state index in [-0.39, 0.29) is 24.9 Å². The molecule has 0 bridgehead atoms. The van der Waals surface area contributed by atoms with Gasteiger partial charge in [-0.2, -0.15) is 0 Å². The average molecular weight is 215 g/mol. The molecule has 0 aromatic heterocycles. The van der Waals surface area contributed by atoms with Crippen LogP contribution in [0.1, 0.15) is 20.3 Å². The number of hydrogen-bond donors (Lipinski definition) is 2. The van der Waals surface area contributed by atoms with Gasteiger partial charge >= 0.3 is 0 Å². The molecule has 0 aliphatic carbocycles. The molecule has 88 valence electrons. The maximum absolute atomic E-state index is 11.3. The van der Waals surface area contributed by atoms with Crippen LogP contribution < -0.4 is 10.6 Å². The van der Waals surface area contributed by atoms with E-state index in [1.807, 2.05) is 13.8 Å². The summed E-state index contributed by atoms with van der Waals surface area (Å²) in [7, 11) is 1.71. The van der Waals surface area contributed by atoms with Gasteiger partial charge in [-0.25, -0.2) is 0 Å². The van der Waals surface area contributed by atoms with Crippen molar-refractivity contribution in [2.24, 2.45) is 0 Å². The Kier molecular flexibility index (Phi) is 7.62. The van der Waals surface area contributed by atoms with Crippen LogP contribution in [0, 0.1) is 0 Å². The summed E-state index contributed by atoms with van der Waals surface area (Å²) < 4.78 is 0. The van der Waals surface area contributed by atoms with E-state index in [0.29, 0.717) is 6.54 Å². The van der Waals surface area contributed by atoms with Crippen LogP contribution in [-0.4, -0.2) is 49.9 Å². The van der Waals surface area contributed by atoms with Gasteiger partial charge in [0.15, 0.2) is 0 Å². The Hall–Kier alpha value is -1.10. The van der Waals surface area contributed by atoms with Crippen LogP contribution in [0.25, 0.3) is 0 Å². The third kappa shape index (κ3) is 6.90. The quantitative estimate of drug-likeness (QED) is 0.567. The second kappa shape index (κ2) is 8.23. The third-order valence-corrected chi connectivity index (χ3v) is 2.05. The highest BCUT2D eigenvalue weighted by atomic mass is 16.2. The van der Waals surface area contributed by atoms with Crippen molar-refractivity contribution in [1.82, 2.24) is 15.5 Å². The van der Waals surface area contributed by atoms with E-state index in [1.165, 1.54) is 0 Å². The molecule has 0 spiro atoms. The van der Waals surface area contributed by atoms with Crippen molar-refractivity contribution in [2.45, 2.75) is 20.3 Å². The molecule has 5 heteroatoms. The highest BCUT2D eigenvalue weighted by Crippen LogP contribution is 1.81. The van der Waals surface area contributed by atoms with Gasteiger partial charge in [0.2, 0.25) is 11.8 Å². The Labute approximate surface area is 91.2 Å². The first-order valence-electron chi connectivity index (χ1n) is 5.33. The van der Waals surface area contributed by atoms with Gasteiger partial charge in [0.05, 0.1) is 13.1 Å². The Morgan fingerprint density at radius 1 is 1.20 bits per heavy atom. The molecule has 0 heterocycles. The maximum Gasteiger partial charge on any atom is 0.241 e. The minimum atomic E-state index is -0.138. The number of nitrogens with one attached hydrogen (secondary N) is 2. The first-order valence-corrected chi connectivity index (χ1v) is 5.33. The molecule has 0 rings (SSSR count). The summed E-state index contributed by atoms with van der Waals surface area (Å²) in [4.78, 5) is 24.1. The lowest BCUT2D eigenvalue weighted by molar-refractivity contribution is -0.131. The summed E-state index contributed by atoms with van der Waals surface area (Å²) in [6.07, 6.45) is 0.991. The average Bonchev–Trinajstić information content (AvgIpc) is 2.25. The lowest BCUT2D eigenvalue weighted by Gasteiger charge is -2.14. The van der Waals surface area contributed by atoms with Crippen LogP contribution >= 0.6 is 0 Å². The van der Waals surface area contributed by atoms with Gasteiger partial charge in [-0.1, -0.05) is 6.92 Å². The molecule has 2 amide bonds. The van der Waals surface area contributed by atoms with Gasteiger partial charge < -0.3 is 15.5 Å². The smallest absolute Gasteiger partial charge is 0.241 e. The first kappa shape index (κ1) is 13.9. The molecule has 0 saturated heterocycles. The van der Waals surface area contributed by atoms with Crippen molar-refractivity contribution >= 4 is 11.8 Å². The van der Waals surface area contributed by atoms with E-state index in [2.05, 4.69) is 10.6 Å². The largest absolute Gasteiger partial charge is 0.346 e. The van der Waals surface area contributed by atoms with E-state index in [1.54, 1.807) is 11.9 Å². The fourth-order valence-corrected chi connectivity index (χ4v) is 0.927. The fraction of sp³-hybridized carbons (Fsp3) is 0.800. The van der Waals surface area contributed by atoms with Gasteiger partial charge in [-0.05, 0) is 19.9 Å². The predicted octanol–water partition coefficient (Wildman–Crippen LogP) is -0.419. The van der Waals surface area contributed by atoms with Crippen LogP contribution in [0.15, 0.2) is 0 Å². The molecule has 0 unspecified atom stereocenters. The molecule has 15 heavy (non-hydrogen) atoms. The standard InChI is InChI=1S/C10H21N3O2/c1-4-6-11-7-9(14)12-8-10(15)13(3)5-2/h11H,4-8H2,1-3H3,(H,12,14). The SMILES string of the molecule is CCCNCC(=O)NCC(=O)N(C)CC. The van der Waals surface area contributed by atoms with Crippen LogP contribution in [0.4, 0.5) is 0 Å². The second-order valence-corrected chi connectivity index (χ2v) is 3.36. The summed E-state index contributed by atoms with van der Waals surface area (Å²) in [5.74, 6) is -0.206. The monoisotopic (exact) mass is 215 g/mol. The molecular weight excluding hydrogens is 194 g/mol. The molecule has 0 aliphatic heterocycles. The highest BCUT2D eigenvalue weighted by molar-refractivity contribution is 5.85. The molecule has 0 atom stereocenters.